The zero-order valence-electron chi connectivity index (χ0n) is 9.25. The van der Waals surface area contributed by atoms with Crippen molar-refractivity contribution in [1.82, 2.24) is 19.6 Å². The molecular weight excluding hydrogens is 200 g/mol. The second kappa shape index (κ2) is 3.20. The summed E-state index contributed by atoms with van der Waals surface area (Å²) in [6, 6.07) is 12.4. The molecule has 4 heteroatoms. The lowest BCUT2D eigenvalue weighted by Crippen LogP contribution is -1.89. The van der Waals surface area contributed by atoms with Gasteiger partial charge in [0.25, 0.3) is 0 Å². The van der Waals surface area contributed by atoms with Gasteiger partial charge in [0.1, 0.15) is 0 Å². The van der Waals surface area contributed by atoms with Crippen molar-refractivity contribution in [2.24, 2.45) is 7.05 Å². The molecule has 0 amide bonds. The number of nitrogens with zero attached hydrogens (tertiary/aromatic N) is 4. The second-order valence-corrected chi connectivity index (χ2v) is 3.88. The lowest BCUT2D eigenvalue weighted by molar-refractivity contribution is 0.708. The number of benzene rings is 1. The van der Waals surface area contributed by atoms with Gasteiger partial charge in [0.15, 0.2) is 5.65 Å². The maximum atomic E-state index is 4.09. The summed E-state index contributed by atoms with van der Waals surface area (Å²) >= 11 is 0. The van der Waals surface area contributed by atoms with Gasteiger partial charge in [-0.1, -0.05) is 30.3 Å². The van der Waals surface area contributed by atoms with Crippen molar-refractivity contribution in [1.29, 1.82) is 0 Å². The molecule has 0 aliphatic rings. The highest BCUT2D eigenvalue weighted by molar-refractivity contribution is 5.71. The van der Waals surface area contributed by atoms with Crippen LogP contribution in [0, 0.1) is 6.92 Å². The van der Waals surface area contributed by atoms with Gasteiger partial charge < -0.3 is 0 Å². The Hall–Kier alpha value is -2.10. The van der Waals surface area contributed by atoms with Crippen LogP contribution in [0.2, 0.25) is 0 Å². The average Bonchev–Trinajstić information content (AvgIpc) is 2.83. The highest BCUT2D eigenvalue weighted by Crippen LogP contribution is 2.25. The molecule has 0 saturated carbocycles. The fourth-order valence-corrected chi connectivity index (χ4v) is 1.98. The molecule has 2 aromatic heterocycles. The summed E-state index contributed by atoms with van der Waals surface area (Å²) in [6.07, 6.45) is 0. The molecular formula is C12H12N4. The third-order valence-electron chi connectivity index (χ3n) is 2.88. The monoisotopic (exact) mass is 212 g/mol. The van der Waals surface area contributed by atoms with Gasteiger partial charge in [-0.05, 0) is 29.0 Å². The Morgan fingerprint density at radius 1 is 1.06 bits per heavy atom. The first-order chi connectivity index (χ1) is 7.77. The maximum Gasteiger partial charge on any atom is 0.154 e. The van der Waals surface area contributed by atoms with Crippen molar-refractivity contribution < 1.29 is 0 Å². The predicted octanol–water partition coefficient (Wildman–Crippen LogP) is 2.04. The van der Waals surface area contributed by atoms with Crippen LogP contribution in [-0.4, -0.2) is 19.6 Å². The summed E-state index contributed by atoms with van der Waals surface area (Å²) in [4.78, 5) is 0. The standard InChI is InChI=1S/C12H12N4/c1-9-11(10-6-4-3-5-7-10)8-12-15(2)13-14-16(9)12/h3-8H,1-2H3. The van der Waals surface area contributed by atoms with Crippen molar-refractivity contribution in [3.05, 3.63) is 42.1 Å². The number of tetrazole rings is 1. The van der Waals surface area contributed by atoms with E-state index in [1.807, 2.05) is 29.8 Å². The Kier molecular flexibility index (Phi) is 1.83. The van der Waals surface area contributed by atoms with E-state index in [1.54, 1.807) is 4.68 Å². The highest BCUT2D eigenvalue weighted by atomic mass is 15.6. The van der Waals surface area contributed by atoms with Gasteiger partial charge in [-0.3, -0.25) is 0 Å². The molecule has 0 aliphatic carbocycles. The van der Waals surface area contributed by atoms with Crippen LogP contribution >= 0.6 is 0 Å². The van der Waals surface area contributed by atoms with E-state index in [0.717, 1.165) is 11.3 Å². The molecule has 0 saturated heterocycles. The topological polar surface area (TPSA) is 35.1 Å². The smallest absolute Gasteiger partial charge is 0.154 e. The van der Waals surface area contributed by atoms with Crippen LogP contribution in [-0.2, 0) is 7.05 Å². The number of aromatic nitrogens is 4. The van der Waals surface area contributed by atoms with Gasteiger partial charge in [-0.2, -0.15) is 4.52 Å². The average molecular weight is 212 g/mol. The van der Waals surface area contributed by atoms with Crippen LogP contribution in [0.25, 0.3) is 16.8 Å². The Balaban J connectivity index is 2.29. The van der Waals surface area contributed by atoms with Crippen molar-refractivity contribution in [2.45, 2.75) is 6.92 Å². The predicted molar refractivity (Wildman–Crippen MR) is 62.1 cm³/mol. The molecule has 0 atom stereocenters. The zero-order chi connectivity index (χ0) is 11.1. The van der Waals surface area contributed by atoms with Gasteiger partial charge in [-0.15, -0.1) is 0 Å². The molecule has 0 unspecified atom stereocenters. The first-order valence-corrected chi connectivity index (χ1v) is 5.21. The number of rotatable bonds is 1. The van der Waals surface area contributed by atoms with E-state index in [1.165, 1.54) is 11.1 Å². The molecule has 3 aromatic rings. The lowest BCUT2D eigenvalue weighted by atomic mass is 10.1. The third-order valence-corrected chi connectivity index (χ3v) is 2.88. The molecule has 0 radical (unpaired) electrons. The van der Waals surface area contributed by atoms with Gasteiger partial charge in [0, 0.05) is 12.6 Å². The molecule has 0 N–H and O–H groups in total. The van der Waals surface area contributed by atoms with E-state index >= 15 is 0 Å². The van der Waals surface area contributed by atoms with E-state index in [0.29, 0.717) is 0 Å². The molecule has 0 spiro atoms. The maximum absolute atomic E-state index is 4.09. The lowest BCUT2D eigenvalue weighted by Gasteiger charge is -1.98. The van der Waals surface area contributed by atoms with Crippen molar-refractivity contribution in [3.63, 3.8) is 0 Å². The van der Waals surface area contributed by atoms with Crippen LogP contribution in [0.15, 0.2) is 36.4 Å². The van der Waals surface area contributed by atoms with Crippen LogP contribution in [0.3, 0.4) is 0 Å². The molecule has 0 bridgehead atoms. The largest absolute Gasteiger partial charge is 0.231 e. The van der Waals surface area contributed by atoms with Gasteiger partial charge >= 0.3 is 0 Å². The molecule has 80 valence electrons. The van der Waals surface area contributed by atoms with Gasteiger partial charge in [0.2, 0.25) is 0 Å². The number of hydrogen-bond donors (Lipinski definition) is 0. The fourth-order valence-electron chi connectivity index (χ4n) is 1.98. The quantitative estimate of drug-likeness (QED) is 0.618. The normalized spacial score (nSPS) is 11.1. The van der Waals surface area contributed by atoms with Crippen molar-refractivity contribution in [2.75, 3.05) is 0 Å². The van der Waals surface area contributed by atoms with E-state index in [4.69, 9.17) is 0 Å². The van der Waals surface area contributed by atoms with Crippen LogP contribution in [0.5, 0.6) is 0 Å². The van der Waals surface area contributed by atoms with Crippen molar-refractivity contribution >= 4 is 5.65 Å². The molecule has 0 aliphatic heterocycles. The minimum absolute atomic E-state index is 1.01. The number of aryl methyl sites for hydroxylation is 2. The molecule has 3 rings (SSSR count). The fraction of sp³-hybridized carbons (Fsp3) is 0.167. The Morgan fingerprint density at radius 2 is 1.81 bits per heavy atom. The summed E-state index contributed by atoms with van der Waals surface area (Å²) in [5.41, 5.74) is 4.55. The number of hydrogen-bond acceptors (Lipinski definition) is 2. The first kappa shape index (κ1) is 9.15. The third kappa shape index (κ3) is 1.16. The van der Waals surface area contributed by atoms with E-state index in [2.05, 4.69) is 35.5 Å². The Morgan fingerprint density at radius 3 is 2.50 bits per heavy atom. The van der Waals surface area contributed by atoms with E-state index in [-0.39, 0.29) is 0 Å². The zero-order valence-corrected chi connectivity index (χ0v) is 9.25. The van der Waals surface area contributed by atoms with Crippen LogP contribution in [0.4, 0.5) is 0 Å². The Bertz CT molecular complexity index is 634. The van der Waals surface area contributed by atoms with E-state index < -0.39 is 0 Å². The SMILES string of the molecule is Cc1c(-c2ccccc2)cc2n(C)nnn12. The minimum Gasteiger partial charge on any atom is -0.231 e. The molecule has 2 heterocycles. The first-order valence-electron chi connectivity index (χ1n) is 5.21. The van der Waals surface area contributed by atoms with Crippen molar-refractivity contribution in [3.8, 4) is 11.1 Å². The van der Waals surface area contributed by atoms with Crippen LogP contribution in [0.1, 0.15) is 5.69 Å². The van der Waals surface area contributed by atoms with E-state index in [9.17, 15) is 0 Å². The highest BCUT2D eigenvalue weighted by Gasteiger charge is 2.11. The van der Waals surface area contributed by atoms with Crippen LogP contribution < -0.4 is 0 Å². The summed E-state index contributed by atoms with van der Waals surface area (Å²) in [7, 11) is 1.90. The Labute approximate surface area is 93.1 Å². The number of fused-ring (bicyclic) bond motifs is 1. The molecule has 16 heavy (non-hydrogen) atoms. The second-order valence-electron chi connectivity index (χ2n) is 3.88. The van der Waals surface area contributed by atoms with Gasteiger partial charge in [-0.25, -0.2) is 4.68 Å². The molecule has 4 nitrogen and oxygen atoms in total. The minimum atomic E-state index is 1.01. The summed E-state index contributed by atoms with van der Waals surface area (Å²) in [5.74, 6) is 0. The summed E-state index contributed by atoms with van der Waals surface area (Å²) < 4.78 is 3.64. The van der Waals surface area contributed by atoms with Gasteiger partial charge in [0.05, 0.1) is 5.69 Å². The summed E-state index contributed by atoms with van der Waals surface area (Å²) in [5, 5.41) is 8.07. The molecule has 1 aromatic carbocycles. The summed E-state index contributed by atoms with van der Waals surface area (Å²) in [6.45, 7) is 2.06. The molecule has 0 fully saturated rings.